The molecule has 8 atom stereocenters. The molecule has 3 aliphatic rings. The van der Waals surface area contributed by atoms with Gasteiger partial charge in [-0.3, -0.25) is 4.79 Å². The third-order valence-electron chi connectivity index (χ3n) is 6.84. The van der Waals surface area contributed by atoms with Crippen molar-refractivity contribution in [3.05, 3.63) is 36.0 Å². The van der Waals surface area contributed by atoms with Gasteiger partial charge in [0.2, 0.25) is 5.91 Å². The number of amides is 1. The molecule has 3 aliphatic heterocycles. The maximum absolute atomic E-state index is 12.1. The van der Waals surface area contributed by atoms with Crippen molar-refractivity contribution in [1.82, 2.24) is 5.32 Å². The fourth-order valence-electron chi connectivity index (χ4n) is 4.61. The standard InChI is InChI=1S/C25H40N2O4/c1-16(6-9-21-15-25(12-13-29-21)20(5)31-25)7-10-23-17(2)14-22(19(4)30-23)27-24(28)11-8-18(3)26/h6-9,11,17-23H,10,12-15,26H2,1-5H3,(H,27,28)/b9-6+,11-8+,16-7+. The smallest absolute Gasteiger partial charge is 0.244 e. The van der Waals surface area contributed by atoms with Crippen molar-refractivity contribution in [2.45, 2.75) is 102 Å². The van der Waals surface area contributed by atoms with Crippen LogP contribution >= 0.6 is 0 Å². The molecule has 0 aromatic rings. The van der Waals surface area contributed by atoms with Crippen molar-refractivity contribution in [3.63, 3.8) is 0 Å². The lowest BCUT2D eigenvalue weighted by Crippen LogP contribution is -2.50. The second-order valence-electron chi connectivity index (χ2n) is 9.66. The van der Waals surface area contributed by atoms with E-state index in [1.807, 2.05) is 13.8 Å². The van der Waals surface area contributed by atoms with Crippen molar-refractivity contribution < 1.29 is 19.0 Å². The van der Waals surface area contributed by atoms with E-state index in [2.05, 4.69) is 44.3 Å². The molecule has 0 bridgehead atoms. The Labute approximate surface area is 187 Å². The summed E-state index contributed by atoms with van der Waals surface area (Å²) in [4.78, 5) is 12.1. The Balaban J connectivity index is 1.45. The molecular formula is C25H40N2O4. The zero-order valence-electron chi connectivity index (χ0n) is 19.7. The summed E-state index contributed by atoms with van der Waals surface area (Å²) < 4.78 is 18.0. The average molecular weight is 433 g/mol. The molecule has 6 nitrogen and oxygen atoms in total. The third kappa shape index (κ3) is 6.75. The molecule has 1 spiro atoms. The molecule has 31 heavy (non-hydrogen) atoms. The number of hydrogen-bond acceptors (Lipinski definition) is 5. The Bertz CT molecular complexity index is 716. The molecule has 3 saturated heterocycles. The number of allylic oxidation sites excluding steroid dienone is 2. The van der Waals surface area contributed by atoms with Crippen molar-refractivity contribution in [2.75, 3.05) is 6.61 Å². The van der Waals surface area contributed by atoms with Gasteiger partial charge in [-0.15, -0.1) is 0 Å². The van der Waals surface area contributed by atoms with E-state index in [1.165, 1.54) is 11.6 Å². The summed E-state index contributed by atoms with van der Waals surface area (Å²) in [5.74, 6) is 0.254. The summed E-state index contributed by atoms with van der Waals surface area (Å²) in [6.07, 6.45) is 14.1. The summed E-state index contributed by atoms with van der Waals surface area (Å²) in [6.45, 7) is 11.1. The summed E-state index contributed by atoms with van der Waals surface area (Å²) >= 11 is 0. The van der Waals surface area contributed by atoms with E-state index in [4.69, 9.17) is 19.9 Å². The van der Waals surface area contributed by atoms with Crippen molar-refractivity contribution in [3.8, 4) is 0 Å². The lowest BCUT2D eigenvalue weighted by molar-refractivity contribution is -0.123. The number of rotatable bonds is 7. The van der Waals surface area contributed by atoms with Crippen LogP contribution in [-0.4, -0.2) is 54.6 Å². The second-order valence-corrected chi connectivity index (χ2v) is 9.66. The molecule has 174 valence electrons. The maximum atomic E-state index is 12.1. The number of carbonyl (C=O) groups excluding carboxylic acids is 1. The SMILES string of the molecule is CC(/C=C/C1CC2(CCO1)OC2C)=C\CC1OC(C)C(NC(=O)/C=C/C(C)N)CC1C. The topological polar surface area (TPSA) is 86.1 Å². The van der Waals surface area contributed by atoms with E-state index in [0.717, 1.165) is 32.3 Å². The summed E-state index contributed by atoms with van der Waals surface area (Å²) in [6, 6.07) is -0.112. The lowest BCUT2D eigenvalue weighted by atomic mass is 9.88. The first-order chi connectivity index (χ1) is 14.7. The molecule has 1 amide bonds. The van der Waals surface area contributed by atoms with Gasteiger partial charge in [-0.2, -0.15) is 0 Å². The highest BCUT2D eigenvalue weighted by atomic mass is 16.6. The Morgan fingerprint density at radius 1 is 1.29 bits per heavy atom. The summed E-state index contributed by atoms with van der Waals surface area (Å²) in [5, 5.41) is 3.05. The highest BCUT2D eigenvalue weighted by Crippen LogP contribution is 2.46. The van der Waals surface area contributed by atoms with Gasteiger partial charge >= 0.3 is 0 Å². The van der Waals surface area contributed by atoms with E-state index in [0.29, 0.717) is 12.0 Å². The first kappa shape index (κ1) is 24.2. The van der Waals surface area contributed by atoms with Crippen LogP contribution in [0.2, 0.25) is 0 Å². The van der Waals surface area contributed by atoms with Crippen LogP contribution in [0.1, 0.15) is 60.3 Å². The van der Waals surface area contributed by atoms with Crippen molar-refractivity contribution in [1.29, 1.82) is 0 Å². The Morgan fingerprint density at radius 2 is 2.03 bits per heavy atom. The van der Waals surface area contributed by atoms with Crippen LogP contribution in [-0.2, 0) is 19.0 Å². The fourth-order valence-corrected chi connectivity index (χ4v) is 4.61. The van der Waals surface area contributed by atoms with Gasteiger partial charge in [0, 0.05) is 25.0 Å². The largest absolute Gasteiger partial charge is 0.374 e. The highest BCUT2D eigenvalue weighted by Gasteiger charge is 2.55. The minimum atomic E-state index is -0.130. The number of carbonyl (C=O) groups is 1. The maximum Gasteiger partial charge on any atom is 0.244 e. The average Bonchev–Trinajstić information content (AvgIpc) is 3.33. The molecule has 6 heteroatoms. The molecule has 0 aliphatic carbocycles. The number of nitrogens with one attached hydrogen (secondary N) is 1. The van der Waals surface area contributed by atoms with E-state index in [-0.39, 0.29) is 41.9 Å². The summed E-state index contributed by atoms with van der Waals surface area (Å²) in [7, 11) is 0. The van der Waals surface area contributed by atoms with Crippen LogP contribution in [0.3, 0.4) is 0 Å². The molecule has 3 heterocycles. The second kappa shape index (κ2) is 10.4. The third-order valence-corrected chi connectivity index (χ3v) is 6.84. The molecular weight excluding hydrogens is 392 g/mol. The lowest BCUT2D eigenvalue weighted by Gasteiger charge is -2.39. The van der Waals surface area contributed by atoms with Crippen LogP contribution < -0.4 is 11.1 Å². The zero-order valence-corrected chi connectivity index (χ0v) is 19.7. The minimum Gasteiger partial charge on any atom is -0.374 e. The van der Waals surface area contributed by atoms with Gasteiger partial charge in [-0.1, -0.05) is 36.8 Å². The van der Waals surface area contributed by atoms with Crippen LogP contribution in [0.15, 0.2) is 36.0 Å². The van der Waals surface area contributed by atoms with Gasteiger partial charge in [0.25, 0.3) is 0 Å². The number of epoxide rings is 1. The molecule has 0 saturated carbocycles. The van der Waals surface area contributed by atoms with Gasteiger partial charge in [-0.25, -0.2) is 0 Å². The van der Waals surface area contributed by atoms with Crippen LogP contribution in [0.4, 0.5) is 0 Å². The Hall–Kier alpha value is -1.47. The van der Waals surface area contributed by atoms with Crippen LogP contribution in [0.5, 0.6) is 0 Å². The van der Waals surface area contributed by atoms with E-state index in [9.17, 15) is 4.79 Å². The first-order valence-corrected chi connectivity index (χ1v) is 11.7. The number of hydrogen-bond donors (Lipinski definition) is 2. The fraction of sp³-hybridized carbons (Fsp3) is 0.720. The predicted molar refractivity (Wildman–Crippen MR) is 123 cm³/mol. The first-order valence-electron chi connectivity index (χ1n) is 11.7. The number of nitrogens with two attached hydrogens (primary N) is 1. The quantitative estimate of drug-likeness (QED) is 0.366. The predicted octanol–water partition coefficient (Wildman–Crippen LogP) is 3.42. The highest BCUT2D eigenvalue weighted by molar-refractivity contribution is 5.87. The van der Waals surface area contributed by atoms with E-state index < -0.39 is 0 Å². The van der Waals surface area contributed by atoms with Gasteiger partial charge in [0.05, 0.1) is 42.7 Å². The molecule has 0 aromatic heterocycles. The monoisotopic (exact) mass is 432 g/mol. The minimum absolute atomic E-state index is 0.0178. The molecule has 0 radical (unpaired) electrons. The molecule has 0 aromatic carbocycles. The van der Waals surface area contributed by atoms with Crippen molar-refractivity contribution in [2.24, 2.45) is 11.7 Å². The molecule has 3 fully saturated rings. The molecule has 3 N–H and O–H groups in total. The van der Waals surface area contributed by atoms with Gasteiger partial charge in [0.1, 0.15) is 0 Å². The van der Waals surface area contributed by atoms with Crippen molar-refractivity contribution >= 4 is 5.91 Å². The van der Waals surface area contributed by atoms with E-state index in [1.54, 1.807) is 6.08 Å². The van der Waals surface area contributed by atoms with E-state index >= 15 is 0 Å². The molecule has 8 unspecified atom stereocenters. The van der Waals surface area contributed by atoms with Gasteiger partial charge in [-0.05, 0) is 46.5 Å². The van der Waals surface area contributed by atoms with Crippen LogP contribution in [0.25, 0.3) is 0 Å². The number of ether oxygens (including phenoxy) is 3. The normalized spacial score (nSPS) is 39.9. The zero-order chi connectivity index (χ0) is 22.6. The Morgan fingerprint density at radius 3 is 2.71 bits per heavy atom. The van der Waals surface area contributed by atoms with Crippen LogP contribution in [0, 0.1) is 5.92 Å². The Kier molecular flexibility index (Phi) is 8.14. The van der Waals surface area contributed by atoms with Gasteiger partial charge in [0.15, 0.2) is 0 Å². The van der Waals surface area contributed by atoms with Gasteiger partial charge < -0.3 is 25.3 Å². The molecule has 3 rings (SSSR count). The summed E-state index contributed by atoms with van der Waals surface area (Å²) in [5.41, 5.74) is 6.95.